The molecule has 0 amide bonds. The van der Waals surface area contributed by atoms with Crippen LogP contribution < -0.4 is 0 Å². The second-order valence-electron chi connectivity index (χ2n) is 16.5. The van der Waals surface area contributed by atoms with Crippen molar-refractivity contribution in [3.8, 4) is 0 Å². The zero-order chi connectivity index (χ0) is 41.4. The summed E-state index contributed by atoms with van der Waals surface area (Å²) in [7, 11) is 0. The van der Waals surface area contributed by atoms with E-state index in [-0.39, 0.29) is 25.2 Å². The van der Waals surface area contributed by atoms with E-state index in [9.17, 15) is 14.7 Å². The molecular formula is C52H94O5. The monoisotopic (exact) mass is 799 g/mol. The van der Waals surface area contributed by atoms with Gasteiger partial charge in [0.1, 0.15) is 6.61 Å². The summed E-state index contributed by atoms with van der Waals surface area (Å²) in [6.07, 6.45) is 61.9. The number of carbonyl (C=O) groups excluding carboxylic acids is 2. The Morgan fingerprint density at radius 1 is 0.404 bits per heavy atom. The molecule has 1 atom stereocenters. The molecule has 0 radical (unpaired) electrons. The topological polar surface area (TPSA) is 72.8 Å². The molecule has 1 N–H and O–H groups in total. The molecule has 332 valence electrons. The van der Waals surface area contributed by atoms with Crippen LogP contribution in [0.2, 0.25) is 0 Å². The predicted molar refractivity (Wildman–Crippen MR) is 247 cm³/mol. The van der Waals surface area contributed by atoms with Gasteiger partial charge in [-0.2, -0.15) is 0 Å². The first-order chi connectivity index (χ1) is 28.1. The summed E-state index contributed by atoms with van der Waals surface area (Å²) in [4.78, 5) is 24.4. The van der Waals surface area contributed by atoms with Crippen LogP contribution in [0.4, 0.5) is 0 Å². The third kappa shape index (κ3) is 46.4. The highest BCUT2D eigenvalue weighted by molar-refractivity contribution is 5.70. The maximum atomic E-state index is 12.3. The summed E-state index contributed by atoms with van der Waals surface area (Å²) in [5.74, 6) is -0.594. The van der Waals surface area contributed by atoms with E-state index in [0.29, 0.717) is 12.8 Å². The highest BCUT2D eigenvalue weighted by atomic mass is 16.6. The molecule has 57 heavy (non-hydrogen) atoms. The number of allylic oxidation sites excluding steroid dienone is 8. The van der Waals surface area contributed by atoms with Crippen LogP contribution in [0, 0.1) is 0 Å². The normalized spacial score (nSPS) is 12.5. The molecule has 1 unspecified atom stereocenters. The smallest absolute Gasteiger partial charge is 0.306 e. The van der Waals surface area contributed by atoms with Gasteiger partial charge in [-0.05, 0) is 77.0 Å². The van der Waals surface area contributed by atoms with Crippen molar-refractivity contribution in [3.05, 3.63) is 48.6 Å². The van der Waals surface area contributed by atoms with Crippen molar-refractivity contribution in [2.45, 2.75) is 258 Å². The van der Waals surface area contributed by atoms with E-state index in [2.05, 4.69) is 62.5 Å². The summed E-state index contributed by atoms with van der Waals surface area (Å²) >= 11 is 0. The maximum absolute atomic E-state index is 12.3. The molecule has 5 nitrogen and oxygen atoms in total. The van der Waals surface area contributed by atoms with E-state index >= 15 is 0 Å². The molecule has 0 aromatic heterocycles. The van der Waals surface area contributed by atoms with Gasteiger partial charge in [0, 0.05) is 12.8 Å². The number of unbranched alkanes of at least 4 members (excludes halogenated alkanes) is 29. The van der Waals surface area contributed by atoms with E-state index in [1.54, 1.807) is 0 Å². The summed E-state index contributed by atoms with van der Waals surface area (Å²) < 4.78 is 10.7. The molecule has 0 heterocycles. The van der Waals surface area contributed by atoms with Crippen LogP contribution in [0.3, 0.4) is 0 Å². The summed E-state index contributed by atoms with van der Waals surface area (Å²) in [6, 6.07) is 0. The van der Waals surface area contributed by atoms with Gasteiger partial charge in [0.2, 0.25) is 0 Å². The van der Waals surface area contributed by atoms with Crippen LogP contribution in [-0.4, -0.2) is 36.4 Å². The van der Waals surface area contributed by atoms with Crippen molar-refractivity contribution >= 4 is 11.9 Å². The Morgan fingerprint density at radius 2 is 0.702 bits per heavy atom. The van der Waals surface area contributed by atoms with Crippen molar-refractivity contribution in [3.63, 3.8) is 0 Å². The van der Waals surface area contributed by atoms with Crippen LogP contribution in [-0.2, 0) is 19.1 Å². The van der Waals surface area contributed by atoms with Crippen LogP contribution in [0.5, 0.6) is 0 Å². The highest BCUT2D eigenvalue weighted by Crippen LogP contribution is 2.15. The molecule has 0 aliphatic carbocycles. The SMILES string of the molecule is CCCCCC/C=C\C/C=C\CCCCCCCCCC(=O)OCC(CO)OC(=O)CCCCCCCCCCCCCCC/C=C\C/C=C\CCCCCCC. The summed E-state index contributed by atoms with van der Waals surface area (Å²) in [5, 5.41) is 9.61. The van der Waals surface area contributed by atoms with Crippen molar-refractivity contribution in [2.75, 3.05) is 13.2 Å². The lowest BCUT2D eigenvalue weighted by Crippen LogP contribution is -2.28. The second-order valence-corrected chi connectivity index (χ2v) is 16.5. The van der Waals surface area contributed by atoms with Crippen molar-refractivity contribution in [1.82, 2.24) is 0 Å². The van der Waals surface area contributed by atoms with Gasteiger partial charge < -0.3 is 14.6 Å². The molecular weight excluding hydrogens is 705 g/mol. The second kappa shape index (κ2) is 48.2. The Balaban J connectivity index is 3.50. The molecule has 0 aromatic carbocycles. The first kappa shape index (κ1) is 54.9. The lowest BCUT2D eigenvalue weighted by atomic mass is 10.0. The zero-order valence-corrected chi connectivity index (χ0v) is 37.9. The lowest BCUT2D eigenvalue weighted by Gasteiger charge is -2.15. The van der Waals surface area contributed by atoms with E-state index in [1.165, 1.54) is 167 Å². The maximum Gasteiger partial charge on any atom is 0.306 e. The van der Waals surface area contributed by atoms with Gasteiger partial charge in [0.25, 0.3) is 0 Å². The van der Waals surface area contributed by atoms with Crippen LogP contribution in [0.15, 0.2) is 48.6 Å². The molecule has 0 saturated heterocycles. The molecule has 0 aliphatic heterocycles. The predicted octanol–water partition coefficient (Wildman–Crippen LogP) is 16.1. The van der Waals surface area contributed by atoms with Gasteiger partial charge in [-0.25, -0.2) is 0 Å². The Hall–Kier alpha value is -2.14. The van der Waals surface area contributed by atoms with Gasteiger partial charge in [0.05, 0.1) is 6.61 Å². The van der Waals surface area contributed by atoms with E-state index < -0.39 is 6.10 Å². The Kier molecular flexibility index (Phi) is 46.4. The molecule has 0 fully saturated rings. The van der Waals surface area contributed by atoms with Gasteiger partial charge in [0.15, 0.2) is 6.10 Å². The first-order valence-electron chi connectivity index (χ1n) is 24.7. The van der Waals surface area contributed by atoms with Crippen molar-refractivity contribution in [1.29, 1.82) is 0 Å². The number of esters is 2. The van der Waals surface area contributed by atoms with E-state index in [4.69, 9.17) is 9.47 Å². The fourth-order valence-electron chi connectivity index (χ4n) is 7.09. The average Bonchev–Trinajstić information content (AvgIpc) is 3.21. The van der Waals surface area contributed by atoms with E-state index in [1.807, 2.05) is 0 Å². The minimum atomic E-state index is -0.776. The van der Waals surface area contributed by atoms with Crippen LogP contribution in [0.25, 0.3) is 0 Å². The minimum absolute atomic E-state index is 0.0693. The number of ether oxygens (including phenoxy) is 2. The van der Waals surface area contributed by atoms with Crippen LogP contribution in [0.1, 0.15) is 251 Å². The number of aliphatic hydroxyl groups excluding tert-OH is 1. The van der Waals surface area contributed by atoms with Crippen LogP contribution >= 0.6 is 0 Å². The molecule has 0 saturated carbocycles. The van der Waals surface area contributed by atoms with Crippen molar-refractivity contribution in [2.24, 2.45) is 0 Å². The molecule has 0 aliphatic rings. The van der Waals surface area contributed by atoms with Gasteiger partial charge in [-0.15, -0.1) is 0 Å². The molecule has 0 bridgehead atoms. The number of aliphatic hydroxyl groups is 1. The van der Waals surface area contributed by atoms with E-state index in [0.717, 1.165) is 57.8 Å². The van der Waals surface area contributed by atoms with Gasteiger partial charge >= 0.3 is 11.9 Å². The first-order valence-corrected chi connectivity index (χ1v) is 24.7. The fraction of sp³-hybridized carbons (Fsp3) is 0.808. The molecule has 5 heteroatoms. The molecule has 0 aromatic rings. The number of hydrogen-bond donors (Lipinski definition) is 1. The third-order valence-corrected chi connectivity index (χ3v) is 10.8. The summed E-state index contributed by atoms with van der Waals surface area (Å²) in [6.45, 7) is 4.12. The fourth-order valence-corrected chi connectivity index (χ4v) is 7.09. The molecule has 0 rings (SSSR count). The Labute approximate surface area is 354 Å². The molecule has 0 spiro atoms. The third-order valence-electron chi connectivity index (χ3n) is 10.8. The number of hydrogen-bond acceptors (Lipinski definition) is 5. The summed E-state index contributed by atoms with van der Waals surface area (Å²) in [5.41, 5.74) is 0. The number of carbonyl (C=O) groups is 2. The highest BCUT2D eigenvalue weighted by Gasteiger charge is 2.16. The quantitative estimate of drug-likeness (QED) is 0.0377. The Bertz CT molecular complexity index is 950. The largest absolute Gasteiger partial charge is 0.462 e. The van der Waals surface area contributed by atoms with Crippen molar-refractivity contribution < 1.29 is 24.2 Å². The lowest BCUT2D eigenvalue weighted by molar-refractivity contribution is -0.161. The zero-order valence-electron chi connectivity index (χ0n) is 37.9. The Morgan fingerprint density at radius 3 is 1.05 bits per heavy atom. The van der Waals surface area contributed by atoms with Gasteiger partial charge in [-0.3, -0.25) is 9.59 Å². The van der Waals surface area contributed by atoms with Gasteiger partial charge in [-0.1, -0.05) is 210 Å². The standard InChI is InChI=1S/C52H94O5/c1-3-5-7-9-11-13-15-17-19-21-23-24-25-26-27-28-29-31-33-35-37-39-41-43-45-47-52(55)57-50(48-53)49-56-51(54)46-44-42-40-38-36-34-32-30-22-20-18-16-14-12-10-8-6-4-2/h14-17,20-23,50,53H,3-13,18-19,24-49H2,1-2H3/b16-14-,17-15-,22-20-,23-21-. The average molecular weight is 799 g/mol. The minimum Gasteiger partial charge on any atom is -0.462 e. The number of rotatable bonds is 45.